The van der Waals surface area contributed by atoms with E-state index in [9.17, 15) is 18.0 Å². The van der Waals surface area contributed by atoms with E-state index in [-0.39, 0.29) is 23.4 Å². The van der Waals surface area contributed by atoms with Crippen molar-refractivity contribution in [2.75, 3.05) is 18.0 Å². The smallest absolute Gasteiger partial charge is 0.264 e. The zero-order valence-electron chi connectivity index (χ0n) is 23.4. The van der Waals surface area contributed by atoms with Gasteiger partial charge in [0.2, 0.25) is 11.8 Å². The molecule has 10 heteroatoms. The Morgan fingerprint density at radius 3 is 2.08 bits per heavy atom. The molecule has 0 bridgehead atoms. The summed E-state index contributed by atoms with van der Waals surface area (Å²) >= 11 is 3.39. The summed E-state index contributed by atoms with van der Waals surface area (Å²) in [6.45, 7) is 7.03. The highest BCUT2D eigenvalue weighted by molar-refractivity contribution is 9.10. The number of halogens is 1. The zero-order valence-corrected chi connectivity index (χ0v) is 25.8. The fourth-order valence-electron chi connectivity index (χ4n) is 4.20. The van der Waals surface area contributed by atoms with E-state index in [1.54, 1.807) is 55.6 Å². The van der Waals surface area contributed by atoms with Crippen LogP contribution in [-0.4, -0.2) is 50.9 Å². The predicted molar refractivity (Wildman–Crippen MR) is 161 cm³/mol. The van der Waals surface area contributed by atoms with E-state index in [1.165, 1.54) is 17.0 Å². The predicted octanol–water partition coefficient (Wildman–Crippen LogP) is 5.29. The topological polar surface area (TPSA) is 96.0 Å². The number of hydrogen-bond donors (Lipinski definition) is 1. The van der Waals surface area contributed by atoms with Crippen molar-refractivity contribution in [3.63, 3.8) is 0 Å². The van der Waals surface area contributed by atoms with Gasteiger partial charge in [-0.1, -0.05) is 52.7 Å². The van der Waals surface area contributed by atoms with Crippen LogP contribution in [-0.2, 0) is 26.2 Å². The average Bonchev–Trinajstić information content (AvgIpc) is 2.92. The van der Waals surface area contributed by atoms with Gasteiger partial charge < -0.3 is 15.0 Å². The van der Waals surface area contributed by atoms with E-state index >= 15 is 0 Å². The maximum atomic E-state index is 14.0. The van der Waals surface area contributed by atoms with E-state index in [4.69, 9.17) is 4.74 Å². The van der Waals surface area contributed by atoms with Crippen LogP contribution in [0.25, 0.3) is 0 Å². The molecule has 214 valence electrons. The third kappa shape index (κ3) is 7.85. The number of nitrogens with zero attached hydrogens (tertiary/aromatic N) is 2. The van der Waals surface area contributed by atoms with E-state index in [2.05, 4.69) is 21.2 Å². The van der Waals surface area contributed by atoms with Crippen molar-refractivity contribution in [3.8, 4) is 5.75 Å². The van der Waals surface area contributed by atoms with Gasteiger partial charge in [0.15, 0.2) is 0 Å². The Morgan fingerprint density at radius 1 is 0.950 bits per heavy atom. The number of aryl methyl sites for hydroxylation is 1. The van der Waals surface area contributed by atoms with E-state index in [0.29, 0.717) is 17.9 Å². The molecule has 3 rings (SSSR count). The Balaban J connectivity index is 2.05. The number of carbonyl (C=O) groups is 2. The summed E-state index contributed by atoms with van der Waals surface area (Å²) in [5.41, 5.74) is 2.03. The van der Waals surface area contributed by atoms with E-state index in [1.807, 2.05) is 39.8 Å². The second-order valence-electron chi connectivity index (χ2n) is 9.76. The van der Waals surface area contributed by atoms with Gasteiger partial charge >= 0.3 is 0 Å². The lowest BCUT2D eigenvalue weighted by molar-refractivity contribution is -0.140. The zero-order chi connectivity index (χ0) is 29.4. The van der Waals surface area contributed by atoms with Crippen LogP contribution in [0.15, 0.2) is 82.2 Å². The molecular formula is C30H36BrN3O5S. The molecule has 1 atom stereocenters. The Kier molecular flexibility index (Phi) is 10.8. The first-order chi connectivity index (χ1) is 19.0. The maximum Gasteiger partial charge on any atom is 0.264 e. The molecule has 2 amide bonds. The highest BCUT2D eigenvalue weighted by Crippen LogP contribution is 2.27. The number of amides is 2. The Hall–Kier alpha value is -3.37. The average molecular weight is 631 g/mol. The quantitative estimate of drug-likeness (QED) is 0.294. The van der Waals surface area contributed by atoms with Crippen molar-refractivity contribution in [3.05, 3.63) is 88.4 Å². The van der Waals surface area contributed by atoms with Crippen LogP contribution in [0.1, 0.15) is 38.3 Å². The van der Waals surface area contributed by atoms with Gasteiger partial charge in [0.25, 0.3) is 10.0 Å². The van der Waals surface area contributed by atoms with Crippen molar-refractivity contribution < 1.29 is 22.7 Å². The summed E-state index contributed by atoms with van der Waals surface area (Å²) in [6.07, 6.45) is 0.351. The lowest BCUT2D eigenvalue weighted by Crippen LogP contribution is -2.53. The van der Waals surface area contributed by atoms with Gasteiger partial charge in [-0.05, 0) is 81.3 Å². The first kappa shape index (κ1) is 31.2. The van der Waals surface area contributed by atoms with Crippen molar-refractivity contribution >= 4 is 43.5 Å². The van der Waals surface area contributed by atoms with Crippen LogP contribution < -0.4 is 14.4 Å². The van der Waals surface area contributed by atoms with Gasteiger partial charge in [-0.25, -0.2) is 8.42 Å². The van der Waals surface area contributed by atoms with Gasteiger partial charge in [0, 0.05) is 17.1 Å². The molecule has 0 unspecified atom stereocenters. The molecule has 3 aromatic rings. The van der Waals surface area contributed by atoms with Crippen molar-refractivity contribution in [1.29, 1.82) is 0 Å². The number of ether oxygens (including phenoxy) is 1. The molecule has 0 saturated carbocycles. The number of methoxy groups -OCH3 is 1. The molecule has 0 saturated heterocycles. The summed E-state index contributed by atoms with van der Waals surface area (Å²) in [5.74, 6) is -0.132. The van der Waals surface area contributed by atoms with Crippen molar-refractivity contribution in [2.45, 2.75) is 57.6 Å². The summed E-state index contributed by atoms with van der Waals surface area (Å²) in [4.78, 5) is 28.8. The Morgan fingerprint density at radius 2 is 1.55 bits per heavy atom. The molecule has 0 aromatic heterocycles. The second-order valence-corrected chi connectivity index (χ2v) is 12.5. The van der Waals surface area contributed by atoms with Gasteiger partial charge in [-0.15, -0.1) is 0 Å². The van der Waals surface area contributed by atoms with Crippen LogP contribution in [0.5, 0.6) is 5.75 Å². The molecule has 8 nitrogen and oxygen atoms in total. The van der Waals surface area contributed by atoms with Crippen molar-refractivity contribution in [1.82, 2.24) is 10.2 Å². The van der Waals surface area contributed by atoms with E-state index in [0.717, 1.165) is 19.9 Å². The van der Waals surface area contributed by atoms with Crippen LogP contribution in [0, 0.1) is 6.92 Å². The number of rotatable bonds is 12. The highest BCUT2D eigenvalue weighted by atomic mass is 79.9. The number of benzene rings is 3. The molecule has 0 radical (unpaired) electrons. The largest absolute Gasteiger partial charge is 0.497 e. The molecule has 1 N–H and O–H groups in total. The standard InChI is InChI=1S/C30H36BrN3O5S/c1-6-28(30(36)32-21(2)3)33(19-23-9-15-26(39-5)16-10-23)29(35)20-34(25-13-11-24(31)12-14-25)40(37,38)27-17-7-22(4)8-18-27/h7-18,21,28H,6,19-20H2,1-5H3,(H,32,36)/t28-/m1/s1. The summed E-state index contributed by atoms with van der Waals surface area (Å²) in [5, 5.41) is 2.90. The minimum atomic E-state index is -4.11. The number of sulfonamides is 1. The van der Waals surface area contributed by atoms with Gasteiger partial charge in [0.05, 0.1) is 17.7 Å². The molecule has 0 aliphatic heterocycles. The fourth-order valence-corrected chi connectivity index (χ4v) is 5.88. The third-order valence-electron chi connectivity index (χ3n) is 6.33. The number of nitrogens with one attached hydrogen (secondary N) is 1. The lowest BCUT2D eigenvalue weighted by Gasteiger charge is -2.33. The molecule has 0 fully saturated rings. The molecule has 0 aliphatic carbocycles. The van der Waals surface area contributed by atoms with Crippen LogP contribution >= 0.6 is 15.9 Å². The maximum absolute atomic E-state index is 14.0. The molecule has 40 heavy (non-hydrogen) atoms. The van der Waals surface area contributed by atoms with Crippen molar-refractivity contribution in [2.24, 2.45) is 0 Å². The Bertz CT molecular complexity index is 1390. The molecule has 3 aromatic carbocycles. The third-order valence-corrected chi connectivity index (χ3v) is 8.65. The van der Waals surface area contributed by atoms with E-state index < -0.39 is 28.5 Å². The number of anilines is 1. The highest BCUT2D eigenvalue weighted by Gasteiger charge is 2.33. The molecule has 0 aliphatic rings. The summed E-state index contributed by atoms with van der Waals surface area (Å²) in [6, 6.07) is 19.5. The SMILES string of the molecule is CC[C@H](C(=O)NC(C)C)N(Cc1ccc(OC)cc1)C(=O)CN(c1ccc(Br)cc1)S(=O)(=O)c1ccc(C)cc1. The van der Waals surface area contributed by atoms with Gasteiger partial charge in [0.1, 0.15) is 18.3 Å². The van der Waals surface area contributed by atoms with Crippen LogP contribution in [0.3, 0.4) is 0 Å². The van der Waals surface area contributed by atoms with Crippen LogP contribution in [0.4, 0.5) is 5.69 Å². The Labute approximate surface area is 245 Å². The number of hydrogen-bond acceptors (Lipinski definition) is 5. The summed E-state index contributed by atoms with van der Waals surface area (Å²) in [7, 11) is -2.54. The normalized spacial score (nSPS) is 12.1. The minimum absolute atomic E-state index is 0.0696. The number of carbonyl (C=O) groups excluding carboxylic acids is 2. The first-order valence-electron chi connectivity index (χ1n) is 13.0. The van der Waals surface area contributed by atoms with Crippen LogP contribution in [0.2, 0.25) is 0 Å². The van der Waals surface area contributed by atoms with Gasteiger partial charge in [-0.3, -0.25) is 13.9 Å². The minimum Gasteiger partial charge on any atom is -0.497 e. The summed E-state index contributed by atoms with van der Waals surface area (Å²) < 4.78 is 34.9. The second kappa shape index (κ2) is 13.8. The fraction of sp³-hybridized carbons (Fsp3) is 0.333. The van der Waals surface area contributed by atoms with Gasteiger partial charge in [-0.2, -0.15) is 0 Å². The molecule has 0 spiro atoms. The molecule has 0 heterocycles. The first-order valence-corrected chi connectivity index (χ1v) is 15.3. The monoisotopic (exact) mass is 629 g/mol. The lowest BCUT2D eigenvalue weighted by atomic mass is 10.1. The molecular weight excluding hydrogens is 594 g/mol.